The molecule has 1 aliphatic rings. The van der Waals surface area contributed by atoms with Crippen LogP contribution in [0.1, 0.15) is 39.6 Å². The van der Waals surface area contributed by atoms with Crippen molar-refractivity contribution in [3.05, 3.63) is 63.3 Å². The fourth-order valence-corrected chi connectivity index (χ4v) is 4.65. The largest absolute Gasteiger partial charge is 0.495 e. The SMILES string of the molecule is CCc1cccc(Oc2nc(Nc3cc(Cl)c(C(=O)N[C@H]4CCNC[C@H]4F)cc3OC)ncc2Cl)c1C(=O)NC. The lowest BCUT2D eigenvalue weighted by Crippen LogP contribution is -2.50. The van der Waals surface area contributed by atoms with Gasteiger partial charge in [0.25, 0.3) is 11.8 Å². The van der Waals surface area contributed by atoms with Crippen molar-refractivity contribution in [3.63, 3.8) is 0 Å². The number of alkyl halides is 1. The normalized spacial score (nSPS) is 16.6. The number of nitrogens with zero attached hydrogens (tertiary/aromatic N) is 2. The lowest BCUT2D eigenvalue weighted by molar-refractivity contribution is 0.0891. The summed E-state index contributed by atoms with van der Waals surface area (Å²) in [5.41, 5.74) is 1.67. The van der Waals surface area contributed by atoms with Crippen molar-refractivity contribution in [2.75, 3.05) is 32.6 Å². The first-order valence-electron chi connectivity index (χ1n) is 12.6. The summed E-state index contributed by atoms with van der Waals surface area (Å²) in [7, 11) is 2.97. The van der Waals surface area contributed by atoms with Gasteiger partial charge in [-0.2, -0.15) is 4.98 Å². The van der Waals surface area contributed by atoms with Crippen molar-refractivity contribution >= 4 is 46.7 Å². The summed E-state index contributed by atoms with van der Waals surface area (Å²) in [6, 6.07) is 7.59. The van der Waals surface area contributed by atoms with Crippen LogP contribution in [0.3, 0.4) is 0 Å². The molecule has 1 fully saturated rings. The molecule has 10 nitrogen and oxygen atoms in total. The van der Waals surface area contributed by atoms with E-state index in [0.29, 0.717) is 30.6 Å². The number of carbonyl (C=O) groups is 2. The molecule has 2 amide bonds. The summed E-state index contributed by atoms with van der Waals surface area (Å²) in [5.74, 6) is -0.151. The first-order chi connectivity index (χ1) is 19.2. The first kappa shape index (κ1) is 29.3. The Bertz CT molecular complexity index is 1410. The molecule has 0 saturated carbocycles. The molecule has 0 radical (unpaired) electrons. The Morgan fingerprint density at radius 1 is 1.18 bits per heavy atom. The minimum absolute atomic E-state index is 0.0152. The van der Waals surface area contributed by atoms with Gasteiger partial charge in [-0.3, -0.25) is 9.59 Å². The number of carbonyl (C=O) groups excluding carboxylic acids is 2. The molecule has 0 aliphatic carbocycles. The van der Waals surface area contributed by atoms with Gasteiger partial charge >= 0.3 is 0 Å². The second kappa shape index (κ2) is 13.1. The van der Waals surface area contributed by atoms with Crippen molar-refractivity contribution in [2.45, 2.75) is 32.0 Å². The van der Waals surface area contributed by atoms with Crippen molar-refractivity contribution in [2.24, 2.45) is 0 Å². The van der Waals surface area contributed by atoms with Gasteiger partial charge in [-0.25, -0.2) is 9.37 Å². The minimum atomic E-state index is -1.20. The molecule has 13 heteroatoms. The summed E-state index contributed by atoms with van der Waals surface area (Å²) >= 11 is 12.8. The lowest BCUT2D eigenvalue weighted by Gasteiger charge is -2.27. The number of amides is 2. The molecular weight excluding hydrogens is 562 g/mol. The number of hydrogen-bond donors (Lipinski definition) is 4. The number of benzene rings is 2. The van der Waals surface area contributed by atoms with Crippen LogP contribution in [0.25, 0.3) is 0 Å². The monoisotopic (exact) mass is 590 g/mol. The highest BCUT2D eigenvalue weighted by molar-refractivity contribution is 6.34. The highest BCUT2D eigenvalue weighted by atomic mass is 35.5. The number of anilines is 2. The molecule has 4 N–H and O–H groups in total. The Labute approximate surface area is 241 Å². The van der Waals surface area contributed by atoms with E-state index in [1.54, 1.807) is 12.1 Å². The van der Waals surface area contributed by atoms with Gasteiger partial charge in [0.05, 0.1) is 41.2 Å². The molecule has 2 aromatic carbocycles. The molecule has 1 saturated heterocycles. The number of ether oxygens (including phenoxy) is 2. The van der Waals surface area contributed by atoms with Gasteiger partial charge in [-0.1, -0.05) is 42.3 Å². The van der Waals surface area contributed by atoms with Crippen molar-refractivity contribution in [1.82, 2.24) is 25.9 Å². The van der Waals surface area contributed by atoms with Crippen LogP contribution in [0, 0.1) is 0 Å². The van der Waals surface area contributed by atoms with Gasteiger partial charge < -0.3 is 30.7 Å². The Hall–Kier alpha value is -3.67. The fourth-order valence-electron chi connectivity index (χ4n) is 4.27. The van der Waals surface area contributed by atoms with Crippen LogP contribution in [0.2, 0.25) is 10.0 Å². The second-order valence-corrected chi connectivity index (χ2v) is 9.73. The van der Waals surface area contributed by atoms with Crippen molar-refractivity contribution in [3.8, 4) is 17.4 Å². The van der Waals surface area contributed by atoms with Gasteiger partial charge in [-0.15, -0.1) is 0 Å². The van der Waals surface area contributed by atoms with Gasteiger partial charge in [0, 0.05) is 13.6 Å². The molecule has 1 aliphatic heterocycles. The van der Waals surface area contributed by atoms with Crippen LogP contribution < -0.4 is 30.7 Å². The molecule has 3 aromatic rings. The smallest absolute Gasteiger partial charge is 0.255 e. The molecule has 4 rings (SSSR count). The zero-order valence-corrected chi connectivity index (χ0v) is 23.6. The number of piperidine rings is 1. The molecule has 40 heavy (non-hydrogen) atoms. The van der Waals surface area contributed by atoms with Crippen LogP contribution in [0.15, 0.2) is 36.5 Å². The summed E-state index contributed by atoms with van der Waals surface area (Å²) in [4.78, 5) is 34.0. The molecule has 0 bridgehead atoms. The standard InChI is InChI=1S/C27H29Cl2FN6O4/c1-4-14-6-5-7-21(23(14)25(38)31-2)40-26-17(29)12-33-27(36-26)35-20-11-16(28)15(10-22(20)39-3)24(37)34-19-8-9-32-13-18(19)30/h5-7,10-12,18-19,32H,4,8-9,13H2,1-3H3,(H,31,38)(H,34,37)(H,33,35,36)/t18-,19+/m1/s1. The van der Waals surface area contributed by atoms with Crippen molar-refractivity contribution < 1.29 is 23.5 Å². The van der Waals surface area contributed by atoms with E-state index in [1.807, 2.05) is 13.0 Å². The number of nitrogens with one attached hydrogen (secondary N) is 4. The summed E-state index contributed by atoms with van der Waals surface area (Å²) in [6.07, 6.45) is 1.23. The van der Waals surface area contributed by atoms with Gasteiger partial charge in [-0.05, 0) is 43.1 Å². The van der Waals surface area contributed by atoms with Crippen LogP contribution in [0.5, 0.6) is 17.4 Å². The summed E-state index contributed by atoms with van der Waals surface area (Å²) in [6.45, 7) is 2.72. The predicted molar refractivity (Wildman–Crippen MR) is 151 cm³/mol. The number of rotatable bonds is 9. The van der Waals surface area contributed by atoms with E-state index >= 15 is 0 Å². The van der Waals surface area contributed by atoms with Crippen LogP contribution in [-0.2, 0) is 6.42 Å². The number of halogens is 3. The van der Waals surface area contributed by atoms with Gasteiger partial charge in [0.1, 0.15) is 22.7 Å². The number of methoxy groups -OCH3 is 1. The Morgan fingerprint density at radius 2 is 1.98 bits per heavy atom. The number of aromatic nitrogens is 2. The molecule has 0 unspecified atom stereocenters. The van der Waals surface area contributed by atoms with E-state index in [9.17, 15) is 14.0 Å². The quantitative estimate of drug-likeness (QED) is 0.283. The third-order valence-corrected chi connectivity index (χ3v) is 6.94. The molecule has 2 heterocycles. The lowest BCUT2D eigenvalue weighted by atomic mass is 10.0. The highest BCUT2D eigenvalue weighted by Crippen LogP contribution is 2.35. The van der Waals surface area contributed by atoms with Gasteiger partial charge in [0.2, 0.25) is 11.8 Å². The van der Waals surface area contributed by atoms with Crippen LogP contribution in [-0.4, -0.2) is 61.2 Å². The maximum Gasteiger partial charge on any atom is 0.255 e. The summed E-state index contributed by atoms with van der Waals surface area (Å²) < 4.78 is 25.6. The summed E-state index contributed by atoms with van der Waals surface area (Å²) in [5, 5.41) is 11.5. The average molecular weight is 591 g/mol. The van der Waals surface area contributed by atoms with E-state index < -0.39 is 18.1 Å². The zero-order chi connectivity index (χ0) is 28.8. The van der Waals surface area contributed by atoms with Crippen LogP contribution in [0.4, 0.5) is 16.0 Å². The highest BCUT2D eigenvalue weighted by Gasteiger charge is 2.27. The van der Waals surface area contributed by atoms with Crippen LogP contribution >= 0.6 is 23.2 Å². The molecule has 0 spiro atoms. The Balaban J connectivity index is 1.59. The zero-order valence-electron chi connectivity index (χ0n) is 22.1. The number of aryl methyl sites for hydroxylation is 1. The molecule has 1 aromatic heterocycles. The average Bonchev–Trinajstić information content (AvgIpc) is 2.95. The molecule has 2 atom stereocenters. The third-order valence-electron chi connectivity index (χ3n) is 6.37. The first-order valence-corrected chi connectivity index (χ1v) is 13.4. The van der Waals surface area contributed by atoms with Gasteiger partial charge in [0.15, 0.2) is 0 Å². The van der Waals surface area contributed by atoms with E-state index in [1.165, 1.54) is 32.5 Å². The maximum atomic E-state index is 14.2. The number of hydrogen-bond acceptors (Lipinski definition) is 8. The Morgan fingerprint density at radius 3 is 2.67 bits per heavy atom. The Kier molecular flexibility index (Phi) is 9.62. The topological polar surface area (TPSA) is 126 Å². The third kappa shape index (κ3) is 6.55. The van der Waals surface area contributed by atoms with Crippen molar-refractivity contribution in [1.29, 1.82) is 0 Å². The second-order valence-electron chi connectivity index (χ2n) is 8.92. The molecule has 212 valence electrons. The van der Waals surface area contributed by atoms with E-state index in [0.717, 1.165) is 5.56 Å². The van der Waals surface area contributed by atoms with E-state index in [4.69, 9.17) is 32.7 Å². The molecular formula is C27H29Cl2FN6O4. The minimum Gasteiger partial charge on any atom is -0.495 e. The maximum absolute atomic E-state index is 14.2. The van der Waals surface area contributed by atoms with E-state index in [-0.39, 0.29) is 51.4 Å². The fraction of sp³-hybridized carbons (Fsp3) is 0.333. The van der Waals surface area contributed by atoms with E-state index in [2.05, 4.69) is 31.2 Å². The predicted octanol–water partition coefficient (Wildman–Crippen LogP) is 4.68.